The van der Waals surface area contributed by atoms with E-state index in [0.29, 0.717) is 81.5 Å². The number of halogens is 20. The van der Waals surface area contributed by atoms with Crippen LogP contribution in [0.2, 0.25) is 0 Å². The highest BCUT2D eigenvalue weighted by atomic mass is 35.5. The molecule has 364 valence electrons. The maximum absolute atomic E-state index is 14.2. The van der Waals surface area contributed by atoms with Crippen LogP contribution in [0.15, 0.2) is 94.7 Å². The first kappa shape index (κ1) is 54.3. The Hall–Kier alpha value is -4.33. The molecule has 2 heterocycles. The first-order valence-corrected chi connectivity index (χ1v) is 19.6. The molecular formula is C44H38Cl2F18N2. The van der Waals surface area contributed by atoms with Crippen LogP contribution in [0.25, 0.3) is 12.2 Å². The van der Waals surface area contributed by atoms with Gasteiger partial charge in [0.1, 0.15) is 7.05 Å². The van der Waals surface area contributed by atoms with Gasteiger partial charge in [0.05, 0.1) is 5.41 Å². The van der Waals surface area contributed by atoms with Crippen molar-refractivity contribution in [3.63, 3.8) is 0 Å². The number of alkyl halides is 18. The van der Waals surface area contributed by atoms with Gasteiger partial charge in [-0.25, -0.2) is 0 Å². The second-order valence-electron chi connectivity index (χ2n) is 16.8. The third kappa shape index (κ3) is 8.93. The minimum Gasteiger partial charge on any atom is -1.00 e. The van der Waals surface area contributed by atoms with Crippen molar-refractivity contribution in [2.45, 2.75) is 106 Å². The van der Waals surface area contributed by atoms with Gasteiger partial charge in [-0.05, 0) is 103 Å². The quantitative estimate of drug-likeness (QED) is 0.161. The average molecular weight is 1010 g/mol. The predicted molar refractivity (Wildman–Crippen MR) is 210 cm³/mol. The normalized spacial score (nSPS) is 20.2. The molecule has 0 aromatic heterocycles. The lowest BCUT2D eigenvalue weighted by Gasteiger charge is -2.32. The summed E-state index contributed by atoms with van der Waals surface area (Å²) >= 11 is 6.90. The van der Waals surface area contributed by atoms with E-state index in [0.717, 1.165) is 0 Å². The smallest absolute Gasteiger partial charge is 0.460 e. The van der Waals surface area contributed by atoms with Crippen molar-refractivity contribution in [1.82, 2.24) is 0 Å². The fraction of sp³-hybridized carbons (Fsp3) is 0.432. The number of hydrogen-bond donors (Lipinski definition) is 0. The van der Waals surface area contributed by atoms with Crippen LogP contribution in [0.3, 0.4) is 0 Å². The Kier molecular flexibility index (Phi) is 14.2. The van der Waals surface area contributed by atoms with Gasteiger partial charge < -0.3 is 17.3 Å². The van der Waals surface area contributed by atoms with Crippen molar-refractivity contribution in [3.8, 4) is 0 Å². The number of rotatable bonds is 11. The molecule has 1 aliphatic carbocycles. The Morgan fingerprint density at radius 1 is 0.591 bits per heavy atom. The standard InChI is InChI=1S/C44H38ClF18N2.ClH/c1-35(2)28-22-24(18-20-37(46,47)39(50,51)41(54,55)43(58,59)60)10-14-30(28)64(5)32(35)16-12-26-8-7-9-27(34(26)45)13-17-33-36(3,4)29-23-25(11-15-31(29)65(33)6)19-21-38(48,49)40(52,53)42(56,57)44(61,62)63;/h10-23H,7-9H2,1-6H3;1H/q+1;/p-1/b20-18+,21-19+;. The van der Waals surface area contributed by atoms with Gasteiger partial charge >= 0.3 is 47.9 Å². The molecule has 0 amide bonds. The molecule has 2 aromatic rings. The zero-order chi connectivity index (χ0) is 49.5. The summed E-state index contributed by atoms with van der Waals surface area (Å²) in [4.78, 5) is 1.74. The SMILES string of the molecule is CN1/C(=C/C=C2\CCCC(/C=C/C3=[N+](C)c4ccc(/C=C/C(F)(F)C(F)(F)C(F)(F)C(F)(F)F)cc4C3(C)C)=C2Cl)C(C)(C)c2cc(/C=C/C(F)(F)C(F)(F)C(F)(F)C(F)(F)F)ccc21.[Cl-]. The van der Waals surface area contributed by atoms with Crippen molar-refractivity contribution in [3.05, 3.63) is 117 Å². The number of anilines is 1. The van der Waals surface area contributed by atoms with Crippen LogP contribution in [0, 0.1) is 0 Å². The molecular weight excluding hydrogens is 969 g/mol. The third-order valence-electron chi connectivity index (χ3n) is 11.8. The summed E-state index contributed by atoms with van der Waals surface area (Å²) in [6.07, 6.45) is -5.94. The van der Waals surface area contributed by atoms with Crippen LogP contribution < -0.4 is 17.3 Å². The van der Waals surface area contributed by atoms with Crippen molar-refractivity contribution >= 4 is 40.8 Å². The number of allylic oxidation sites excluding steroid dienone is 10. The van der Waals surface area contributed by atoms with Gasteiger partial charge in [-0.3, -0.25) is 0 Å². The summed E-state index contributed by atoms with van der Waals surface area (Å²) in [5, 5.41) is 0.388. The first-order chi connectivity index (χ1) is 29.3. The topological polar surface area (TPSA) is 6.25 Å². The molecule has 22 heteroatoms. The lowest BCUT2D eigenvalue weighted by atomic mass is 9.80. The lowest BCUT2D eigenvalue weighted by molar-refractivity contribution is -0.401. The van der Waals surface area contributed by atoms with Crippen LogP contribution in [-0.4, -0.2) is 72.3 Å². The maximum atomic E-state index is 14.2. The molecule has 2 aromatic carbocycles. The van der Waals surface area contributed by atoms with E-state index in [1.54, 1.807) is 75.6 Å². The first-order valence-electron chi connectivity index (χ1n) is 19.2. The maximum Gasteiger partial charge on any atom is 0.460 e. The second-order valence-corrected chi connectivity index (χ2v) is 17.2. The molecule has 0 unspecified atom stereocenters. The number of hydrogen-bond acceptors (Lipinski definition) is 1. The Bertz CT molecular complexity index is 2450. The number of fused-ring (bicyclic) bond motifs is 2. The van der Waals surface area contributed by atoms with E-state index >= 15 is 0 Å². The van der Waals surface area contributed by atoms with Crippen molar-refractivity contribution in [1.29, 1.82) is 0 Å². The Balaban J connectivity index is 0.00000952. The van der Waals surface area contributed by atoms with Crippen LogP contribution >= 0.6 is 11.6 Å². The molecule has 2 aliphatic heterocycles. The van der Waals surface area contributed by atoms with E-state index in [-0.39, 0.29) is 23.5 Å². The zero-order valence-electron chi connectivity index (χ0n) is 35.2. The van der Waals surface area contributed by atoms with Crippen molar-refractivity contribution in [2.24, 2.45) is 0 Å². The largest absolute Gasteiger partial charge is 1.00 e. The monoisotopic (exact) mass is 1010 g/mol. The van der Waals surface area contributed by atoms with Gasteiger partial charge in [0.25, 0.3) is 0 Å². The number of likely N-dealkylation sites (N-methyl/N-ethyl adjacent to an activating group) is 1. The van der Waals surface area contributed by atoms with Gasteiger partial charge in [0.15, 0.2) is 5.71 Å². The summed E-state index contributed by atoms with van der Waals surface area (Å²) in [5.74, 6) is -39.5. The summed E-state index contributed by atoms with van der Waals surface area (Å²) in [6.45, 7) is 6.98. The number of benzene rings is 2. The van der Waals surface area contributed by atoms with Crippen LogP contribution in [0.5, 0.6) is 0 Å². The Morgan fingerprint density at radius 3 is 1.55 bits per heavy atom. The molecule has 3 aliphatic rings. The van der Waals surface area contributed by atoms with Crippen LogP contribution in [-0.2, 0) is 10.8 Å². The van der Waals surface area contributed by atoms with Gasteiger partial charge in [-0.1, -0.05) is 55.8 Å². The zero-order valence-corrected chi connectivity index (χ0v) is 36.7. The Morgan fingerprint density at radius 2 is 1.06 bits per heavy atom. The molecule has 66 heavy (non-hydrogen) atoms. The lowest BCUT2D eigenvalue weighted by Crippen LogP contribution is -3.00. The van der Waals surface area contributed by atoms with E-state index in [1.165, 1.54) is 36.4 Å². The summed E-state index contributed by atoms with van der Waals surface area (Å²) < 4.78 is 243. The molecule has 0 saturated carbocycles. The minimum absolute atomic E-state index is 0. The molecule has 0 saturated heterocycles. The number of nitrogens with zero attached hydrogens (tertiary/aromatic N) is 2. The highest BCUT2D eigenvalue weighted by molar-refractivity contribution is 6.32. The predicted octanol–water partition coefficient (Wildman–Crippen LogP) is 12.1. The van der Waals surface area contributed by atoms with E-state index in [9.17, 15) is 79.0 Å². The summed E-state index contributed by atoms with van der Waals surface area (Å²) in [7, 11) is 3.35. The minimum atomic E-state index is -7.03. The molecule has 0 atom stereocenters. The molecule has 0 fully saturated rings. The van der Waals surface area contributed by atoms with E-state index in [4.69, 9.17) is 11.6 Å². The third-order valence-corrected chi connectivity index (χ3v) is 12.2. The average Bonchev–Trinajstić information content (AvgIpc) is 3.49. The van der Waals surface area contributed by atoms with Crippen LogP contribution in [0.1, 0.15) is 69.2 Å². The highest BCUT2D eigenvalue weighted by Crippen LogP contribution is 2.55. The molecule has 0 radical (unpaired) electrons. The van der Waals surface area contributed by atoms with Gasteiger partial charge in [-0.2, -0.15) is 83.6 Å². The van der Waals surface area contributed by atoms with Crippen LogP contribution in [0.4, 0.5) is 90.4 Å². The molecule has 0 bridgehead atoms. The molecule has 0 N–H and O–H groups in total. The summed E-state index contributed by atoms with van der Waals surface area (Å²) in [6, 6.07) is 7.87. The Labute approximate surface area is 377 Å². The van der Waals surface area contributed by atoms with Crippen molar-refractivity contribution < 1.29 is 96.0 Å². The highest BCUT2D eigenvalue weighted by Gasteiger charge is 2.82. The van der Waals surface area contributed by atoms with E-state index in [2.05, 4.69) is 0 Å². The van der Waals surface area contributed by atoms with Gasteiger partial charge in [-0.15, -0.1) is 0 Å². The summed E-state index contributed by atoms with van der Waals surface area (Å²) in [5.41, 5.74) is 2.54. The second kappa shape index (κ2) is 17.3. The fourth-order valence-corrected chi connectivity index (χ4v) is 8.18. The molecule has 5 rings (SSSR count). The van der Waals surface area contributed by atoms with Gasteiger partial charge in [0, 0.05) is 46.6 Å². The fourth-order valence-electron chi connectivity index (χ4n) is 7.87. The van der Waals surface area contributed by atoms with E-state index < -0.39 is 70.9 Å². The van der Waals surface area contributed by atoms with Crippen molar-refractivity contribution in [2.75, 3.05) is 19.0 Å². The van der Waals surface area contributed by atoms with E-state index in [1.807, 2.05) is 0 Å². The van der Waals surface area contributed by atoms with Gasteiger partial charge in [0.2, 0.25) is 5.69 Å². The molecule has 2 nitrogen and oxygen atoms in total. The molecule has 0 spiro atoms.